The van der Waals surface area contributed by atoms with Crippen molar-refractivity contribution in [1.82, 2.24) is 5.43 Å². The van der Waals surface area contributed by atoms with Gasteiger partial charge in [0.1, 0.15) is 0 Å². The second-order valence-corrected chi connectivity index (χ2v) is 6.20. The monoisotopic (exact) mass is 270 g/mol. The minimum Gasteiger partial charge on any atom is -0.273 e. The van der Waals surface area contributed by atoms with E-state index in [-0.39, 0.29) is 11.8 Å². The fourth-order valence-corrected chi connectivity index (χ4v) is 2.98. The minimum atomic E-state index is 0.0879. The van der Waals surface area contributed by atoms with Gasteiger partial charge in [0.25, 0.3) is 0 Å². The maximum absolute atomic E-state index is 12.1. The molecular formula is C17H22N2O. The van der Waals surface area contributed by atoms with E-state index in [9.17, 15) is 4.79 Å². The number of carbonyl (C=O) groups is 1. The zero-order valence-electron chi connectivity index (χ0n) is 12.0. The zero-order chi connectivity index (χ0) is 13.9. The Kier molecular flexibility index (Phi) is 3.86. The lowest BCUT2D eigenvalue weighted by atomic mass is 9.90. The lowest BCUT2D eigenvalue weighted by Crippen LogP contribution is -2.23. The second-order valence-electron chi connectivity index (χ2n) is 6.20. The van der Waals surface area contributed by atoms with Crippen molar-refractivity contribution in [1.29, 1.82) is 0 Å². The van der Waals surface area contributed by atoms with Crippen LogP contribution in [0.15, 0.2) is 35.4 Å². The number of rotatable bonds is 3. The number of hydrogen-bond acceptors (Lipinski definition) is 2. The van der Waals surface area contributed by atoms with E-state index >= 15 is 0 Å². The molecule has 0 aliphatic heterocycles. The summed E-state index contributed by atoms with van der Waals surface area (Å²) in [5.74, 6) is 1.40. The number of hydrogen-bond donors (Lipinski definition) is 1. The molecule has 1 aromatic rings. The van der Waals surface area contributed by atoms with Crippen LogP contribution >= 0.6 is 0 Å². The van der Waals surface area contributed by atoms with Gasteiger partial charge in [0.2, 0.25) is 5.91 Å². The average molecular weight is 270 g/mol. The first-order valence-electron chi connectivity index (χ1n) is 7.64. The molecule has 2 aliphatic rings. The highest BCUT2D eigenvalue weighted by Gasteiger charge is 2.43. The molecule has 1 aromatic carbocycles. The van der Waals surface area contributed by atoms with Crippen LogP contribution in [0, 0.1) is 11.8 Å². The molecule has 0 spiro atoms. The molecule has 3 rings (SSSR count). The van der Waals surface area contributed by atoms with Gasteiger partial charge in [0.05, 0.1) is 0 Å². The van der Waals surface area contributed by atoms with Crippen LogP contribution in [0.5, 0.6) is 0 Å². The van der Waals surface area contributed by atoms with E-state index in [1.165, 1.54) is 18.4 Å². The molecule has 2 unspecified atom stereocenters. The van der Waals surface area contributed by atoms with Crippen molar-refractivity contribution in [3.05, 3.63) is 35.9 Å². The van der Waals surface area contributed by atoms with Crippen LogP contribution in [-0.2, 0) is 4.79 Å². The lowest BCUT2D eigenvalue weighted by Gasteiger charge is -2.18. The van der Waals surface area contributed by atoms with Crippen molar-refractivity contribution in [3.8, 4) is 0 Å². The molecule has 3 heteroatoms. The number of amides is 1. The molecule has 20 heavy (non-hydrogen) atoms. The van der Waals surface area contributed by atoms with E-state index in [1.807, 2.05) is 18.2 Å². The van der Waals surface area contributed by atoms with Gasteiger partial charge in [-0.3, -0.25) is 4.79 Å². The summed E-state index contributed by atoms with van der Waals surface area (Å²) in [6.07, 6.45) is 5.43. The third-order valence-corrected chi connectivity index (χ3v) is 4.53. The predicted octanol–water partition coefficient (Wildman–Crippen LogP) is 3.47. The SMILES string of the molecule is CC1CCC(=NNC(=O)C2CC2c2ccccc2)CC1. The maximum atomic E-state index is 12.1. The lowest BCUT2D eigenvalue weighted by molar-refractivity contribution is -0.122. The second kappa shape index (κ2) is 5.78. The molecule has 3 nitrogen and oxygen atoms in total. The number of hydrazone groups is 1. The predicted molar refractivity (Wildman–Crippen MR) is 80.5 cm³/mol. The smallest absolute Gasteiger partial charge is 0.243 e. The van der Waals surface area contributed by atoms with Crippen molar-refractivity contribution >= 4 is 11.6 Å². The molecule has 0 radical (unpaired) electrons. The Hall–Kier alpha value is -1.64. The summed E-state index contributed by atoms with van der Waals surface area (Å²) in [5.41, 5.74) is 5.21. The Labute approximate surface area is 120 Å². The normalized spacial score (nSPS) is 28.9. The van der Waals surface area contributed by atoms with Gasteiger partial charge in [0.15, 0.2) is 0 Å². The molecule has 1 N–H and O–H groups in total. The van der Waals surface area contributed by atoms with Crippen LogP contribution in [0.2, 0.25) is 0 Å². The fourth-order valence-electron chi connectivity index (χ4n) is 2.98. The first-order valence-corrected chi connectivity index (χ1v) is 7.64. The number of carbonyl (C=O) groups excluding carboxylic acids is 1. The van der Waals surface area contributed by atoms with Crippen LogP contribution in [0.3, 0.4) is 0 Å². The standard InChI is InChI=1S/C17H22N2O/c1-12-7-9-14(10-8-12)18-19-17(20)16-11-15(16)13-5-3-2-4-6-13/h2-6,12,15-16H,7-11H2,1H3,(H,19,20). The molecular weight excluding hydrogens is 248 g/mol. The van der Waals surface area contributed by atoms with Crippen LogP contribution in [0.1, 0.15) is 50.5 Å². The Bertz CT molecular complexity index is 499. The first-order chi connectivity index (χ1) is 9.74. The van der Waals surface area contributed by atoms with Gasteiger partial charge in [-0.1, -0.05) is 37.3 Å². The summed E-state index contributed by atoms with van der Waals surface area (Å²) in [6.45, 7) is 2.28. The third-order valence-electron chi connectivity index (χ3n) is 4.53. The summed E-state index contributed by atoms with van der Waals surface area (Å²) in [4.78, 5) is 12.1. The van der Waals surface area contributed by atoms with Crippen LogP contribution in [0.25, 0.3) is 0 Å². The van der Waals surface area contributed by atoms with Crippen molar-refractivity contribution in [2.45, 2.75) is 44.9 Å². The largest absolute Gasteiger partial charge is 0.273 e. The zero-order valence-corrected chi connectivity index (χ0v) is 12.0. The van der Waals surface area contributed by atoms with Gasteiger partial charge in [-0.2, -0.15) is 5.10 Å². The van der Waals surface area contributed by atoms with Crippen LogP contribution in [-0.4, -0.2) is 11.6 Å². The summed E-state index contributed by atoms with van der Waals surface area (Å²) in [5, 5.41) is 4.32. The highest BCUT2D eigenvalue weighted by Crippen LogP contribution is 2.47. The van der Waals surface area contributed by atoms with Crippen molar-refractivity contribution in [3.63, 3.8) is 0 Å². The molecule has 0 saturated heterocycles. The van der Waals surface area contributed by atoms with Gasteiger partial charge < -0.3 is 0 Å². The Morgan fingerprint density at radius 2 is 1.90 bits per heavy atom. The molecule has 1 amide bonds. The third kappa shape index (κ3) is 3.09. The van der Waals surface area contributed by atoms with Crippen LogP contribution in [0.4, 0.5) is 0 Å². The van der Waals surface area contributed by atoms with Crippen LogP contribution < -0.4 is 5.43 Å². The Morgan fingerprint density at radius 3 is 2.60 bits per heavy atom. The van der Waals surface area contributed by atoms with Gasteiger partial charge >= 0.3 is 0 Å². The van der Waals surface area contributed by atoms with Crippen molar-refractivity contribution in [2.24, 2.45) is 16.9 Å². The molecule has 0 aromatic heterocycles. The van der Waals surface area contributed by atoms with Gasteiger partial charge in [0, 0.05) is 11.6 Å². The Balaban J connectivity index is 1.50. The molecule has 2 atom stereocenters. The van der Waals surface area contributed by atoms with E-state index in [2.05, 4.69) is 29.6 Å². The summed E-state index contributed by atoms with van der Waals surface area (Å²) < 4.78 is 0. The van der Waals surface area contributed by atoms with Crippen molar-refractivity contribution < 1.29 is 4.79 Å². The number of nitrogens with zero attached hydrogens (tertiary/aromatic N) is 1. The average Bonchev–Trinajstić information content (AvgIpc) is 3.28. The maximum Gasteiger partial charge on any atom is 0.243 e. The topological polar surface area (TPSA) is 41.5 Å². The molecule has 2 fully saturated rings. The van der Waals surface area contributed by atoms with E-state index in [1.54, 1.807) is 0 Å². The quantitative estimate of drug-likeness (QED) is 0.839. The summed E-state index contributed by atoms with van der Waals surface area (Å²) >= 11 is 0. The van der Waals surface area contributed by atoms with Gasteiger partial charge in [-0.05, 0) is 49.5 Å². The molecule has 0 heterocycles. The van der Waals surface area contributed by atoms with E-state index in [4.69, 9.17) is 0 Å². The van der Waals surface area contributed by atoms with E-state index < -0.39 is 0 Å². The number of benzene rings is 1. The minimum absolute atomic E-state index is 0.0879. The van der Waals surface area contributed by atoms with Gasteiger partial charge in [-0.15, -0.1) is 0 Å². The van der Waals surface area contributed by atoms with Gasteiger partial charge in [-0.25, -0.2) is 5.43 Å². The van der Waals surface area contributed by atoms with E-state index in [0.717, 1.165) is 30.9 Å². The highest BCUT2D eigenvalue weighted by atomic mass is 16.2. The Morgan fingerprint density at radius 1 is 1.20 bits per heavy atom. The van der Waals surface area contributed by atoms with E-state index in [0.29, 0.717) is 5.92 Å². The molecule has 2 aliphatic carbocycles. The fraction of sp³-hybridized carbons (Fsp3) is 0.529. The summed E-state index contributed by atoms with van der Waals surface area (Å²) in [6, 6.07) is 10.3. The summed E-state index contributed by atoms with van der Waals surface area (Å²) in [7, 11) is 0. The van der Waals surface area contributed by atoms with Crippen molar-refractivity contribution in [2.75, 3.05) is 0 Å². The molecule has 2 saturated carbocycles. The number of nitrogens with one attached hydrogen (secondary N) is 1. The first kappa shape index (κ1) is 13.3. The molecule has 106 valence electrons. The highest BCUT2D eigenvalue weighted by molar-refractivity contribution is 5.88. The molecule has 0 bridgehead atoms.